The zero-order valence-electron chi connectivity index (χ0n) is 13.1. The molecule has 1 aromatic rings. The van der Waals surface area contributed by atoms with Gasteiger partial charge in [0.2, 0.25) is 0 Å². The second-order valence-corrected chi connectivity index (χ2v) is 6.67. The van der Waals surface area contributed by atoms with Gasteiger partial charge in [0.05, 0.1) is 0 Å². The molecule has 20 heavy (non-hydrogen) atoms. The van der Waals surface area contributed by atoms with Crippen LogP contribution in [-0.2, 0) is 6.54 Å². The lowest BCUT2D eigenvalue weighted by molar-refractivity contribution is 0.515. The standard InChI is InChI=1S/C17H27N3/c1-4-13-5-6-14(9-13)17-19-11(2)16(12(3)20-17)10-18-15-7-8-15/h13-15,18H,4-10H2,1-3H3. The Hall–Kier alpha value is -0.960. The zero-order valence-corrected chi connectivity index (χ0v) is 13.1. The second kappa shape index (κ2) is 5.80. The second-order valence-electron chi connectivity index (χ2n) is 6.67. The van der Waals surface area contributed by atoms with Crippen LogP contribution in [-0.4, -0.2) is 16.0 Å². The number of aromatic nitrogens is 2. The SMILES string of the molecule is CCC1CCC(c2nc(C)c(CNC3CC3)c(C)n2)C1. The lowest BCUT2D eigenvalue weighted by Gasteiger charge is -2.15. The molecule has 1 aromatic heterocycles. The van der Waals surface area contributed by atoms with Gasteiger partial charge < -0.3 is 5.32 Å². The van der Waals surface area contributed by atoms with Crippen molar-refractivity contribution in [2.75, 3.05) is 0 Å². The Labute approximate surface area is 122 Å². The molecule has 3 heteroatoms. The van der Waals surface area contributed by atoms with E-state index in [4.69, 9.17) is 9.97 Å². The van der Waals surface area contributed by atoms with Crippen LogP contribution in [0, 0.1) is 19.8 Å². The van der Waals surface area contributed by atoms with E-state index >= 15 is 0 Å². The van der Waals surface area contributed by atoms with Crippen molar-refractivity contribution >= 4 is 0 Å². The van der Waals surface area contributed by atoms with Crippen molar-refractivity contribution in [2.45, 2.75) is 77.8 Å². The molecule has 0 spiro atoms. The molecule has 1 N–H and O–H groups in total. The Balaban J connectivity index is 1.73. The van der Waals surface area contributed by atoms with Crippen LogP contribution in [0.1, 0.15) is 74.1 Å². The molecule has 0 aromatic carbocycles. The summed E-state index contributed by atoms with van der Waals surface area (Å²) in [6.07, 6.45) is 7.88. The average molecular weight is 273 g/mol. The highest BCUT2D eigenvalue weighted by molar-refractivity contribution is 5.25. The Bertz CT molecular complexity index is 456. The minimum absolute atomic E-state index is 0.600. The highest BCUT2D eigenvalue weighted by Crippen LogP contribution is 2.38. The van der Waals surface area contributed by atoms with Gasteiger partial charge in [-0.1, -0.05) is 13.3 Å². The van der Waals surface area contributed by atoms with E-state index in [1.54, 1.807) is 0 Å². The Morgan fingerprint density at radius 3 is 2.30 bits per heavy atom. The molecule has 3 rings (SSSR count). The van der Waals surface area contributed by atoms with Gasteiger partial charge in [-0.05, 0) is 51.9 Å². The van der Waals surface area contributed by atoms with Gasteiger partial charge in [0.1, 0.15) is 5.82 Å². The lowest BCUT2D eigenvalue weighted by atomic mass is 10.0. The maximum Gasteiger partial charge on any atom is 0.131 e. The van der Waals surface area contributed by atoms with E-state index in [0.717, 1.165) is 24.3 Å². The van der Waals surface area contributed by atoms with Crippen LogP contribution in [0.5, 0.6) is 0 Å². The van der Waals surface area contributed by atoms with Gasteiger partial charge in [-0.25, -0.2) is 9.97 Å². The van der Waals surface area contributed by atoms with E-state index in [1.807, 2.05) is 0 Å². The Morgan fingerprint density at radius 2 is 1.75 bits per heavy atom. The van der Waals surface area contributed by atoms with Crippen LogP contribution in [0.3, 0.4) is 0 Å². The number of hydrogen-bond donors (Lipinski definition) is 1. The summed E-state index contributed by atoms with van der Waals surface area (Å²) >= 11 is 0. The molecule has 0 amide bonds. The van der Waals surface area contributed by atoms with E-state index in [1.165, 1.54) is 55.5 Å². The third-order valence-corrected chi connectivity index (χ3v) is 5.07. The molecule has 2 aliphatic rings. The first-order valence-corrected chi connectivity index (χ1v) is 8.24. The molecule has 0 saturated heterocycles. The fourth-order valence-electron chi connectivity index (χ4n) is 3.42. The Kier molecular flexibility index (Phi) is 4.06. The predicted octanol–water partition coefficient (Wildman–Crippen LogP) is 3.64. The van der Waals surface area contributed by atoms with Crippen LogP contribution >= 0.6 is 0 Å². The molecular formula is C17H27N3. The van der Waals surface area contributed by atoms with Crippen LogP contribution in [0.25, 0.3) is 0 Å². The van der Waals surface area contributed by atoms with Crippen molar-refractivity contribution in [3.63, 3.8) is 0 Å². The van der Waals surface area contributed by atoms with Crippen molar-refractivity contribution < 1.29 is 0 Å². The molecule has 2 fully saturated rings. The summed E-state index contributed by atoms with van der Waals surface area (Å²) in [5, 5.41) is 3.58. The molecule has 2 unspecified atom stereocenters. The molecule has 0 radical (unpaired) electrons. The minimum atomic E-state index is 0.600. The van der Waals surface area contributed by atoms with Gasteiger partial charge in [-0.3, -0.25) is 0 Å². The fourth-order valence-corrected chi connectivity index (χ4v) is 3.42. The summed E-state index contributed by atoms with van der Waals surface area (Å²) in [7, 11) is 0. The first-order valence-electron chi connectivity index (χ1n) is 8.24. The maximum atomic E-state index is 4.83. The summed E-state index contributed by atoms with van der Waals surface area (Å²) in [6.45, 7) is 7.53. The lowest BCUT2D eigenvalue weighted by Crippen LogP contribution is -2.19. The predicted molar refractivity (Wildman–Crippen MR) is 81.7 cm³/mol. The molecule has 110 valence electrons. The van der Waals surface area contributed by atoms with Crippen molar-refractivity contribution in [2.24, 2.45) is 5.92 Å². The van der Waals surface area contributed by atoms with Crippen molar-refractivity contribution in [1.82, 2.24) is 15.3 Å². The normalized spacial score (nSPS) is 26.1. The summed E-state index contributed by atoms with van der Waals surface area (Å²) < 4.78 is 0. The highest BCUT2D eigenvalue weighted by atomic mass is 15.0. The number of hydrogen-bond acceptors (Lipinski definition) is 3. The third kappa shape index (κ3) is 3.03. The Morgan fingerprint density at radius 1 is 1.05 bits per heavy atom. The number of nitrogens with zero attached hydrogens (tertiary/aromatic N) is 2. The van der Waals surface area contributed by atoms with E-state index in [-0.39, 0.29) is 0 Å². The molecule has 0 bridgehead atoms. The summed E-state index contributed by atoms with van der Waals surface area (Å²) in [6, 6.07) is 0.744. The maximum absolute atomic E-state index is 4.83. The number of aryl methyl sites for hydroxylation is 2. The molecule has 2 saturated carbocycles. The summed E-state index contributed by atoms with van der Waals surface area (Å²) in [4.78, 5) is 9.66. The molecule has 2 aliphatic carbocycles. The van der Waals surface area contributed by atoms with Crippen LogP contribution in [0.4, 0.5) is 0 Å². The van der Waals surface area contributed by atoms with Crippen LogP contribution in [0.2, 0.25) is 0 Å². The number of nitrogens with one attached hydrogen (secondary N) is 1. The van der Waals surface area contributed by atoms with Gasteiger partial charge in [0.25, 0.3) is 0 Å². The van der Waals surface area contributed by atoms with Crippen molar-refractivity contribution in [1.29, 1.82) is 0 Å². The highest BCUT2D eigenvalue weighted by Gasteiger charge is 2.27. The quantitative estimate of drug-likeness (QED) is 0.890. The van der Waals surface area contributed by atoms with Gasteiger partial charge >= 0.3 is 0 Å². The van der Waals surface area contributed by atoms with Crippen molar-refractivity contribution in [3.05, 3.63) is 22.8 Å². The van der Waals surface area contributed by atoms with Crippen LogP contribution in [0.15, 0.2) is 0 Å². The average Bonchev–Trinajstić information content (AvgIpc) is 3.12. The van der Waals surface area contributed by atoms with E-state index in [0.29, 0.717) is 5.92 Å². The van der Waals surface area contributed by atoms with Gasteiger partial charge in [0, 0.05) is 35.5 Å². The van der Waals surface area contributed by atoms with Gasteiger partial charge in [-0.2, -0.15) is 0 Å². The molecular weight excluding hydrogens is 246 g/mol. The largest absolute Gasteiger partial charge is 0.310 e. The van der Waals surface area contributed by atoms with Crippen molar-refractivity contribution in [3.8, 4) is 0 Å². The molecule has 2 atom stereocenters. The number of rotatable bonds is 5. The first-order chi connectivity index (χ1) is 9.67. The van der Waals surface area contributed by atoms with Gasteiger partial charge in [-0.15, -0.1) is 0 Å². The third-order valence-electron chi connectivity index (χ3n) is 5.07. The molecule has 1 heterocycles. The van der Waals surface area contributed by atoms with E-state index < -0.39 is 0 Å². The summed E-state index contributed by atoms with van der Waals surface area (Å²) in [5.74, 6) is 2.59. The summed E-state index contributed by atoms with van der Waals surface area (Å²) in [5.41, 5.74) is 3.67. The topological polar surface area (TPSA) is 37.8 Å². The van der Waals surface area contributed by atoms with Crippen LogP contribution < -0.4 is 5.32 Å². The fraction of sp³-hybridized carbons (Fsp3) is 0.765. The van der Waals surface area contributed by atoms with E-state index in [2.05, 4.69) is 26.1 Å². The molecule has 0 aliphatic heterocycles. The first kappa shape index (κ1) is 14.0. The molecule has 3 nitrogen and oxygen atoms in total. The minimum Gasteiger partial charge on any atom is -0.310 e. The van der Waals surface area contributed by atoms with E-state index in [9.17, 15) is 0 Å². The smallest absolute Gasteiger partial charge is 0.131 e. The monoisotopic (exact) mass is 273 g/mol. The zero-order chi connectivity index (χ0) is 14.1. The van der Waals surface area contributed by atoms with Gasteiger partial charge in [0.15, 0.2) is 0 Å².